The van der Waals surface area contributed by atoms with E-state index in [2.05, 4.69) is 4.90 Å². The molecule has 0 unspecified atom stereocenters. The summed E-state index contributed by atoms with van der Waals surface area (Å²) in [4.78, 5) is 14.2. The van der Waals surface area contributed by atoms with Gasteiger partial charge in [-0.15, -0.1) is 0 Å². The lowest BCUT2D eigenvalue weighted by molar-refractivity contribution is 0.101. The quantitative estimate of drug-likeness (QED) is 0.803. The van der Waals surface area contributed by atoms with Crippen LogP contribution >= 0.6 is 0 Å². The van der Waals surface area contributed by atoms with Crippen molar-refractivity contribution in [3.05, 3.63) is 23.8 Å². The predicted molar refractivity (Wildman–Crippen MR) is 87.2 cm³/mol. The van der Waals surface area contributed by atoms with E-state index in [9.17, 15) is 13.2 Å². The maximum Gasteiger partial charge on any atom is 0.177 e. The molecule has 1 aromatic rings. The van der Waals surface area contributed by atoms with E-state index < -0.39 is 9.84 Å². The Balaban J connectivity index is 2.00. The van der Waals surface area contributed by atoms with Crippen molar-refractivity contribution in [3.63, 3.8) is 0 Å². The number of rotatable bonds is 3. The van der Waals surface area contributed by atoms with Gasteiger partial charge in [0.25, 0.3) is 0 Å². The molecule has 0 aromatic heterocycles. The fourth-order valence-electron chi connectivity index (χ4n) is 3.90. The number of fused-ring (bicyclic) bond motifs is 1. The third-order valence-corrected chi connectivity index (χ3v) is 6.23. The van der Waals surface area contributed by atoms with Crippen LogP contribution in [0.15, 0.2) is 23.1 Å². The zero-order valence-corrected chi connectivity index (χ0v) is 14.0. The molecule has 1 aromatic carbocycles. The van der Waals surface area contributed by atoms with Gasteiger partial charge in [-0.3, -0.25) is 4.79 Å². The number of hydrogen-bond donors (Lipinski definition) is 0. The first kappa shape index (κ1) is 15.5. The third-order valence-electron chi connectivity index (χ3n) is 5.08. The van der Waals surface area contributed by atoms with Gasteiger partial charge in [0, 0.05) is 24.9 Å². The van der Waals surface area contributed by atoms with Crippen molar-refractivity contribution in [2.45, 2.75) is 37.5 Å². The number of carbonyl (C=O) groups is 1. The number of anilines is 1. The van der Waals surface area contributed by atoms with Crippen molar-refractivity contribution in [1.29, 1.82) is 0 Å². The number of carbonyl (C=O) groups excluding carboxylic acids is 1. The number of Topliss-reactive ketones (excluding diaryl/α,β-unsaturated/α-hetero) is 1. The van der Waals surface area contributed by atoms with Gasteiger partial charge in [0.15, 0.2) is 15.6 Å². The highest BCUT2D eigenvalue weighted by Gasteiger charge is 2.36. The Labute approximate surface area is 132 Å². The monoisotopic (exact) mass is 321 g/mol. The highest BCUT2D eigenvalue weighted by molar-refractivity contribution is 7.90. The smallest absolute Gasteiger partial charge is 0.177 e. The average molecular weight is 321 g/mol. The van der Waals surface area contributed by atoms with Gasteiger partial charge < -0.3 is 4.90 Å². The third kappa shape index (κ3) is 2.91. The first-order chi connectivity index (χ1) is 10.4. The van der Waals surface area contributed by atoms with Crippen LogP contribution in [0.2, 0.25) is 0 Å². The fraction of sp³-hybridized carbons (Fsp3) is 0.588. The lowest BCUT2D eigenvalue weighted by Gasteiger charge is -2.22. The second-order valence-electron chi connectivity index (χ2n) is 6.72. The van der Waals surface area contributed by atoms with Crippen molar-refractivity contribution in [1.82, 2.24) is 0 Å². The molecule has 1 aliphatic carbocycles. The SMILES string of the molecule is CC(=O)c1ccc(S(C)(=O)=O)c(N2C[C@H]3CCCC[C@H]3C2)c1. The Morgan fingerprint density at radius 2 is 1.73 bits per heavy atom. The highest BCUT2D eigenvalue weighted by atomic mass is 32.2. The van der Waals surface area contributed by atoms with Crippen LogP contribution < -0.4 is 4.90 Å². The van der Waals surface area contributed by atoms with Crippen LogP contribution in [0.1, 0.15) is 43.0 Å². The maximum absolute atomic E-state index is 12.1. The Morgan fingerprint density at radius 1 is 1.14 bits per heavy atom. The minimum absolute atomic E-state index is 0.0297. The van der Waals surface area contributed by atoms with E-state index in [1.165, 1.54) is 38.9 Å². The molecule has 3 rings (SSSR count). The molecule has 120 valence electrons. The van der Waals surface area contributed by atoms with E-state index >= 15 is 0 Å². The Bertz CT molecular complexity index is 682. The summed E-state index contributed by atoms with van der Waals surface area (Å²) in [6.07, 6.45) is 6.27. The van der Waals surface area contributed by atoms with Crippen LogP contribution in [0.25, 0.3) is 0 Å². The summed E-state index contributed by atoms with van der Waals surface area (Å²) in [5.74, 6) is 1.31. The minimum atomic E-state index is -3.30. The molecule has 1 aliphatic heterocycles. The van der Waals surface area contributed by atoms with E-state index in [1.807, 2.05) is 0 Å². The summed E-state index contributed by atoms with van der Waals surface area (Å²) in [5.41, 5.74) is 1.29. The summed E-state index contributed by atoms with van der Waals surface area (Å²) in [7, 11) is -3.30. The molecule has 22 heavy (non-hydrogen) atoms. The summed E-state index contributed by atoms with van der Waals surface area (Å²) in [6, 6.07) is 4.96. The highest BCUT2D eigenvalue weighted by Crippen LogP contribution is 2.40. The molecule has 2 fully saturated rings. The van der Waals surface area contributed by atoms with Crippen LogP contribution in [-0.4, -0.2) is 33.5 Å². The van der Waals surface area contributed by atoms with Crippen molar-refractivity contribution < 1.29 is 13.2 Å². The van der Waals surface area contributed by atoms with Gasteiger partial charge in [0.05, 0.1) is 10.6 Å². The molecule has 2 aliphatic rings. The zero-order valence-electron chi connectivity index (χ0n) is 13.2. The van der Waals surface area contributed by atoms with Crippen molar-refractivity contribution in [3.8, 4) is 0 Å². The first-order valence-corrected chi connectivity index (χ1v) is 9.85. The summed E-state index contributed by atoms with van der Waals surface area (Å²) >= 11 is 0. The van der Waals surface area contributed by atoms with Crippen LogP contribution in [0.5, 0.6) is 0 Å². The minimum Gasteiger partial charge on any atom is -0.370 e. The predicted octanol–water partition coefficient (Wildman–Crippen LogP) is 2.92. The second kappa shape index (κ2) is 5.69. The second-order valence-corrected chi connectivity index (χ2v) is 8.70. The number of ketones is 1. The average Bonchev–Trinajstić information content (AvgIpc) is 2.89. The lowest BCUT2D eigenvalue weighted by atomic mass is 9.82. The number of hydrogen-bond acceptors (Lipinski definition) is 4. The van der Waals surface area contributed by atoms with Crippen molar-refractivity contribution >= 4 is 21.3 Å². The van der Waals surface area contributed by atoms with E-state index in [0.717, 1.165) is 13.1 Å². The van der Waals surface area contributed by atoms with Crippen LogP contribution in [0, 0.1) is 11.8 Å². The molecule has 0 bridgehead atoms. The number of sulfone groups is 1. The molecule has 0 radical (unpaired) electrons. The topological polar surface area (TPSA) is 54.5 Å². The molecule has 5 heteroatoms. The lowest BCUT2D eigenvalue weighted by Crippen LogP contribution is -2.22. The largest absolute Gasteiger partial charge is 0.370 e. The van der Waals surface area contributed by atoms with Gasteiger partial charge in [0.2, 0.25) is 0 Å². The van der Waals surface area contributed by atoms with Gasteiger partial charge in [-0.05, 0) is 49.8 Å². The molecule has 1 heterocycles. The normalized spacial score (nSPS) is 25.1. The standard InChI is InChI=1S/C17H23NO3S/c1-12(19)13-7-8-17(22(2,20)21)16(9-13)18-10-14-5-3-4-6-15(14)11-18/h7-9,14-15H,3-6,10-11H2,1-2H3/t14-,15+. The summed E-state index contributed by atoms with van der Waals surface area (Å²) in [5, 5.41) is 0. The van der Waals surface area contributed by atoms with Gasteiger partial charge >= 0.3 is 0 Å². The van der Waals surface area contributed by atoms with E-state index in [4.69, 9.17) is 0 Å². The van der Waals surface area contributed by atoms with Gasteiger partial charge in [-0.2, -0.15) is 0 Å². The fourth-order valence-corrected chi connectivity index (χ4v) is 4.78. The molecule has 0 N–H and O–H groups in total. The van der Waals surface area contributed by atoms with Gasteiger partial charge in [-0.25, -0.2) is 8.42 Å². The van der Waals surface area contributed by atoms with Crippen LogP contribution in [0.3, 0.4) is 0 Å². The summed E-state index contributed by atoms with van der Waals surface area (Å²) in [6.45, 7) is 3.34. The van der Waals surface area contributed by atoms with Crippen molar-refractivity contribution in [2.24, 2.45) is 11.8 Å². The molecule has 1 saturated heterocycles. The maximum atomic E-state index is 12.1. The molecular formula is C17H23NO3S. The molecule has 2 atom stereocenters. The summed E-state index contributed by atoms with van der Waals surface area (Å²) < 4.78 is 24.2. The Hall–Kier alpha value is -1.36. The van der Waals surface area contributed by atoms with Crippen LogP contribution in [0.4, 0.5) is 5.69 Å². The molecule has 4 nitrogen and oxygen atoms in total. The molecule has 0 amide bonds. The Morgan fingerprint density at radius 3 is 2.23 bits per heavy atom. The molecule has 1 saturated carbocycles. The van der Waals surface area contributed by atoms with E-state index in [-0.39, 0.29) is 5.78 Å². The number of benzene rings is 1. The Kier molecular flexibility index (Phi) is 4.02. The van der Waals surface area contributed by atoms with Crippen LogP contribution in [-0.2, 0) is 9.84 Å². The zero-order chi connectivity index (χ0) is 15.9. The molecule has 0 spiro atoms. The molecular weight excluding hydrogens is 298 g/mol. The van der Waals surface area contributed by atoms with E-state index in [1.54, 1.807) is 18.2 Å². The first-order valence-electron chi connectivity index (χ1n) is 7.96. The van der Waals surface area contributed by atoms with Gasteiger partial charge in [-0.1, -0.05) is 12.8 Å². The van der Waals surface area contributed by atoms with E-state index in [0.29, 0.717) is 28.0 Å². The van der Waals surface area contributed by atoms with Crippen molar-refractivity contribution in [2.75, 3.05) is 24.2 Å². The van der Waals surface area contributed by atoms with Gasteiger partial charge in [0.1, 0.15) is 0 Å². The number of nitrogens with zero attached hydrogens (tertiary/aromatic N) is 1.